The van der Waals surface area contributed by atoms with Crippen molar-refractivity contribution in [1.29, 1.82) is 0 Å². The van der Waals surface area contributed by atoms with Gasteiger partial charge in [-0.05, 0) is 81.3 Å². The Balaban J connectivity index is 1.54. The molecule has 0 saturated heterocycles. The topological polar surface area (TPSA) is 87.3 Å². The Hall–Kier alpha value is -2.45. The number of carbonyl (C=O) groups excluding carboxylic acids is 1. The fourth-order valence-corrected chi connectivity index (χ4v) is 5.48. The van der Waals surface area contributed by atoms with E-state index in [4.69, 9.17) is 0 Å². The van der Waals surface area contributed by atoms with Gasteiger partial charge in [-0.3, -0.25) is 4.79 Å². The summed E-state index contributed by atoms with van der Waals surface area (Å²) in [6, 6.07) is 10.8. The predicted molar refractivity (Wildman–Crippen MR) is 129 cm³/mol. The van der Waals surface area contributed by atoms with Gasteiger partial charge in [-0.15, -0.1) is 0 Å². The van der Waals surface area contributed by atoms with Gasteiger partial charge in [0.05, 0.1) is 10.9 Å². The second kappa shape index (κ2) is 11.1. The lowest BCUT2D eigenvalue weighted by Crippen LogP contribution is -2.41. The molecular formula is C25H34FN3O3S. The number of rotatable bonds is 9. The molecule has 1 unspecified atom stereocenters. The van der Waals surface area contributed by atoms with Crippen LogP contribution in [-0.2, 0) is 14.8 Å². The maximum absolute atomic E-state index is 13.1. The highest BCUT2D eigenvalue weighted by molar-refractivity contribution is 7.89. The number of sulfonamides is 1. The maximum Gasteiger partial charge on any atom is 0.240 e. The van der Waals surface area contributed by atoms with Gasteiger partial charge in [-0.2, -0.15) is 0 Å². The first-order valence-electron chi connectivity index (χ1n) is 11.6. The zero-order chi connectivity index (χ0) is 24.0. The van der Waals surface area contributed by atoms with Gasteiger partial charge in [0.25, 0.3) is 0 Å². The van der Waals surface area contributed by atoms with Crippen molar-refractivity contribution in [2.24, 2.45) is 5.92 Å². The molecule has 1 saturated carbocycles. The van der Waals surface area contributed by atoms with Crippen LogP contribution in [0.4, 0.5) is 10.1 Å². The Morgan fingerprint density at radius 3 is 2.39 bits per heavy atom. The predicted octanol–water partition coefficient (Wildman–Crippen LogP) is 4.67. The smallest absolute Gasteiger partial charge is 0.240 e. The first-order chi connectivity index (χ1) is 15.7. The van der Waals surface area contributed by atoms with Crippen molar-refractivity contribution in [2.45, 2.75) is 69.9 Å². The highest BCUT2D eigenvalue weighted by Crippen LogP contribution is 2.27. The molecule has 2 aromatic rings. The molecule has 0 aromatic heterocycles. The van der Waals surface area contributed by atoms with Crippen molar-refractivity contribution in [3.05, 3.63) is 59.4 Å². The fourth-order valence-electron chi connectivity index (χ4n) is 4.15. The van der Waals surface area contributed by atoms with E-state index < -0.39 is 10.0 Å². The van der Waals surface area contributed by atoms with Crippen molar-refractivity contribution in [1.82, 2.24) is 10.0 Å². The van der Waals surface area contributed by atoms with Crippen LogP contribution in [0.2, 0.25) is 0 Å². The first kappa shape index (κ1) is 25.2. The van der Waals surface area contributed by atoms with Crippen LogP contribution in [0.1, 0.15) is 63.1 Å². The van der Waals surface area contributed by atoms with Crippen molar-refractivity contribution in [3.63, 3.8) is 0 Å². The minimum atomic E-state index is -3.64. The van der Waals surface area contributed by atoms with Gasteiger partial charge < -0.3 is 10.6 Å². The Morgan fingerprint density at radius 2 is 1.76 bits per heavy atom. The van der Waals surface area contributed by atoms with Crippen molar-refractivity contribution in [3.8, 4) is 0 Å². The van der Waals surface area contributed by atoms with E-state index in [1.54, 1.807) is 24.3 Å². The summed E-state index contributed by atoms with van der Waals surface area (Å²) in [7, 11) is -3.64. The van der Waals surface area contributed by atoms with E-state index in [1.165, 1.54) is 12.1 Å². The van der Waals surface area contributed by atoms with E-state index in [0.717, 1.165) is 29.8 Å². The standard InChI is InChI=1S/C25H34FN3O3S/c1-4-15-27-24-16-23(14-5-17(24)2)33(31,32)29-22-12-8-20(9-13-22)25(30)28-18(3)19-6-10-21(26)11-7-19/h5-7,10-11,14,16,18,20,22,27,29H,4,8-9,12-13,15H2,1-3H3,(H,28,30). The summed E-state index contributed by atoms with van der Waals surface area (Å²) in [4.78, 5) is 12.9. The number of nitrogens with one attached hydrogen (secondary N) is 3. The minimum Gasteiger partial charge on any atom is -0.385 e. The van der Waals surface area contributed by atoms with Crippen LogP contribution in [-0.4, -0.2) is 26.9 Å². The average molecular weight is 476 g/mol. The monoisotopic (exact) mass is 475 g/mol. The minimum absolute atomic E-state index is 0.0432. The Labute approximate surface area is 196 Å². The normalized spacial score (nSPS) is 19.6. The fraction of sp³-hybridized carbons (Fsp3) is 0.480. The third-order valence-electron chi connectivity index (χ3n) is 6.23. The zero-order valence-electron chi connectivity index (χ0n) is 19.5. The van der Waals surface area contributed by atoms with Gasteiger partial charge in [0.15, 0.2) is 0 Å². The molecule has 6 nitrogen and oxygen atoms in total. The number of halogens is 1. The number of anilines is 1. The van der Waals surface area contributed by atoms with Crippen molar-refractivity contribution < 1.29 is 17.6 Å². The summed E-state index contributed by atoms with van der Waals surface area (Å²) in [5, 5.41) is 6.27. The third kappa shape index (κ3) is 6.77. The number of benzene rings is 2. The van der Waals surface area contributed by atoms with E-state index in [0.29, 0.717) is 25.7 Å². The van der Waals surface area contributed by atoms with Crippen molar-refractivity contribution >= 4 is 21.6 Å². The lowest BCUT2D eigenvalue weighted by molar-refractivity contribution is -0.126. The summed E-state index contributed by atoms with van der Waals surface area (Å²) < 4.78 is 41.8. The highest BCUT2D eigenvalue weighted by Gasteiger charge is 2.30. The van der Waals surface area contributed by atoms with Gasteiger partial charge in [-0.1, -0.05) is 25.1 Å². The van der Waals surface area contributed by atoms with E-state index in [-0.39, 0.29) is 34.6 Å². The van der Waals surface area contributed by atoms with Gasteiger partial charge in [0.1, 0.15) is 5.82 Å². The summed E-state index contributed by atoms with van der Waals surface area (Å²) in [6.45, 7) is 6.66. The number of amides is 1. The molecule has 180 valence electrons. The van der Waals surface area contributed by atoms with E-state index in [2.05, 4.69) is 22.3 Å². The lowest BCUT2D eigenvalue weighted by atomic mass is 9.85. The van der Waals surface area contributed by atoms with Gasteiger partial charge >= 0.3 is 0 Å². The molecule has 1 aliphatic rings. The van der Waals surface area contributed by atoms with Gasteiger partial charge in [0.2, 0.25) is 15.9 Å². The second-order valence-electron chi connectivity index (χ2n) is 8.86. The van der Waals surface area contributed by atoms with Crippen LogP contribution in [0.3, 0.4) is 0 Å². The SMILES string of the molecule is CCCNc1cc(S(=O)(=O)NC2CCC(C(=O)NC(C)c3ccc(F)cc3)CC2)ccc1C. The molecular weight excluding hydrogens is 441 g/mol. The quantitative estimate of drug-likeness (QED) is 0.492. The Kier molecular flexibility index (Phi) is 8.48. The summed E-state index contributed by atoms with van der Waals surface area (Å²) in [5.41, 5.74) is 2.68. The molecule has 0 bridgehead atoms. The highest BCUT2D eigenvalue weighted by atomic mass is 32.2. The Bertz CT molecular complexity index is 1050. The molecule has 0 spiro atoms. The number of aryl methyl sites for hydroxylation is 1. The molecule has 1 aliphatic carbocycles. The average Bonchev–Trinajstić information content (AvgIpc) is 2.79. The van der Waals surface area contributed by atoms with E-state index in [1.807, 2.05) is 19.9 Å². The van der Waals surface area contributed by atoms with Crippen LogP contribution in [0.25, 0.3) is 0 Å². The summed E-state index contributed by atoms with van der Waals surface area (Å²) in [6.07, 6.45) is 3.40. The summed E-state index contributed by atoms with van der Waals surface area (Å²) >= 11 is 0. The van der Waals surface area contributed by atoms with Crippen LogP contribution in [0.15, 0.2) is 47.4 Å². The van der Waals surface area contributed by atoms with E-state index >= 15 is 0 Å². The number of hydrogen-bond acceptors (Lipinski definition) is 4. The molecule has 8 heteroatoms. The molecule has 3 rings (SSSR count). The van der Waals surface area contributed by atoms with Crippen LogP contribution >= 0.6 is 0 Å². The number of hydrogen-bond donors (Lipinski definition) is 3. The molecule has 1 fully saturated rings. The molecule has 1 amide bonds. The second-order valence-corrected chi connectivity index (χ2v) is 10.6. The van der Waals surface area contributed by atoms with Gasteiger partial charge in [0, 0.05) is 24.2 Å². The van der Waals surface area contributed by atoms with Crippen molar-refractivity contribution in [2.75, 3.05) is 11.9 Å². The third-order valence-corrected chi connectivity index (χ3v) is 7.75. The molecule has 0 aliphatic heterocycles. The molecule has 33 heavy (non-hydrogen) atoms. The summed E-state index contributed by atoms with van der Waals surface area (Å²) in [5.74, 6) is -0.506. The molecule has 3 N–H and O–H groups in total. The Morgan fingerprint density at radius 1 is 1.09 bits per heavy atom. The lowest BCUT2D eigenvalue weighted by Gasteiger charge is -2.29. The van der Waals surface area contributed by atoms with Crippen LogP contribution in [0.5, 0.6) is 0 Å². The first-order valence-corrected chi connectivity index (χ1v) is 13.1. The molecule has 1 atom stereocenters. The molecule has 0 radical (unpaired) electrons. The number of carbonyl (C=O) groups is 1. The largest absolute Gasteiger partial charge is 0.385 e. The van der Waals surface area contributed by atoms with Crippen LogP contribution in [0, 0.1) is 18.7 Å². The molecule has 0 heterocycles. The molecule has 2 aromatic carbocycles. The van der Waals surface area contributed by atoms with Crippen LogP contribution < -0.4 is 15.4 Å². The van der Waals surface area contributed by atoms with E-state index in [9.17, 15) is 17.6 Å². The maximum atomic E-state index is 13.1. The van der Waals surface area contributed by atoms with Gasteiger partial charge in [-0.25, -0.2) is 17.5 Å². The zero-order valence-corrected chi connectivity index (χ0v) is 20.3.